The summed E-state index contributed by atoms with van der Waals surface area (Å²) in [4.78, 5) is 13.3. The molecule has 0 atom stereocenters. The number of amides is 1. The van der Waals surface area contributed by atoms with Crippen LogP contribution in [0.2, 0.25) is 0 Å². The van der Waals surface area contributed by atoms with Crippen molar-refractivity contribution in [1.29, 1.82) is 0 Å². The minimum Gasteiger partial charge on any atom is -0.384 e. The Morgan fingerprint density at radius 2 is 2.05 bits per heavy atom. The zero-order valence-electron chi connectivity index (χ0n) is 11.3. The van der Waals surface area contributed by atoms with Crippen molar-refractivity contribution in [3.8, 4) is 11.8 Å². The zero-order chi connectivity index (χ0) is 14.1. The lowest BCUT2D eigenvalue weighted by Gasteiger charge is -2.17. The molecule has 0 bridgehead atoms. The van der Waals surface area contributed by atoms with Crippen LogP contribution in [-0.2, 0) is 16.1 Å². The maximum atomic E-state index is 11.7. The van der Waals surface area contributed by atoms with Crippen LogP contribution in [0.25, 0.3) is 0 Å². The van der Waals surface area contributed by atoms with Crippen molar-refractivity contribution in [3.63, 3.8) is 0 Å². The molecular weight excluding hydrogens is 242 g/mol. The van der Waals surface area contributed by atoms with Gasteiger partial charge in [-0.05, 0) is 24.6 Å². The summed E-state index contributed by atoms with van der Waals surface area (Å²) in [6, 6.07) is 7.59. The van der Waals surface area contributed by atoms with Crippen LogP contribution in [0, 0.1) is 11.8 Å². The molecule has 0 radical (unpaired) electrons. The first-order chi connectivity index (χ1) is 9.17. The van der Waals surface area contributed by atoms with E-state index in [-0.39, 0.29) is 19.1 Å². The third kappa shape index (κ3) is 5.56. The number of ether oxygens (including phenoxy) is 1. The Kier molecular flexibility index (Phi) is 6.65. The van der Waals surface area contributed by atoms with E-state index in [4.69, 9.17) is 9.84 Å². The van der Waals surface area contributed by atoms with Gasteiger partial charge in [0.25, 0.3) is 0 Å². The van der Waals surface area contributed by atoms with Crippen LogP contribution >= 0.6 is 0 Å². The van der Waals surface area contributed by atoms with Gasteiger partial charge >= 0.3 is 0 Å². The minimum absolute atomic E-state index is 0.0361. The summed E-state index contributed by atoms with van der Waals surface area (Å²) >= 11 is 0. The lowest BCUT2D eigenvalue weighted by molar-refractivity contribution is -0.135. The van der Waals surface area contributed by atoms with Gasteiger partial charge in [-0.25, -0.2) is 0 Å². The normalized spacial score (nSPS) is 9.63. The molecule has 4 nitrogen and oxygen atoms in total. The first-order valence-electron chi connectivity index (χ1n) is 6.17. The van der Waals surface area contributed by atoms with Crippen LogP contribution in [0.3, 0.4) is 0 Å². The first kappa shape index (κ1) is 15.2. The molecule has 0 saturated carbocycles. The molecule has 0 heterocycles. The number of nitrogens with zero attached hydrogens (tertiary/aromatic N) is 1. The summed E-state index contributed by atoms with van der Waals surface area (Å²) in [5, 5.41) is 8.60. The van der Waals surface area contributed by atoms with Gasteiger partial charge in [-0.3, -0.25) is 4.79 Å². The Balaban J connectivity index is 2.55. The molecule has 1 amide bonds. The summed E-state index contributed by atoms with van der Waals surface area (Å²) in [5.74, 6) is 5.38. The first-order valence-corrected chi connectivity index (χ1v) is 6.17. The van der Waals surface area contributed by atoms with Gasteiger partial charge in [0.05, 0.1) is 0 Å². The molecule has 0 aliphatic carbocycles. The van der Waals surface area contributed by atoms with E-state index >= 15 is 0 Å². The molecule has 102 valence electrons. The fraction of sp³-hybridized carbons (Fsp3) is 0.400. The molecule has 0 spiro atoms. The topological polar surface area (TPSA) is 49.8 Å². The second-order valence-electron chi connectivity index (χ2n) is 4.04. The predicted molar refractivity (Wildman–Crippen MR) is 73.4 cm³/mol. The smallest absolute Gasteiger partial charge is 0.248 e. The molecule has 0 aromatic heterocycles. The molecule has 1 rings (SSSR count). The summed E-state index contributed by atoms with van der Waals surface area (Å²) in [6.07, 6.45) is 0. The maximum absolute atomic E-state index is 11.7. The molecule has 1 aromatic carbocycles. The van der Waals surface area contributed by atoms with Gasteiger partial charge in [0.15, 0.2) is 0 Å². The van der Waals surface area contributed by atoms with Crippen LogP contribution in [-0.4, -0.2) is 42.8 Å². The van der Waals surface area contributed by atoms with Crippen molar-refractivity contribution in [2.45, 2.75) is 13.5 Å². The summed E-state index contributed by atoms with van der Waals surface area (Å²) < 4.78 is 5.08. The van der Waals surface area contributed by atoms with Crippen LogP contribution in [0.15, 0.2) is 24.3 Å². The van der Waals surface area contributed by atoms with Crippen LogP contribution in [0.1, 0.15) is 18.1 Å². The Morgan fingerprint density at radius 3 is 2.63 bits per heavy atom. The van der Waals surface area contributed by atoms with E-state index in [2.05, 4.69) is 11.8 Å². The standard InChI is InChI=1S/C15H19NO3/c1-3-19-12-15(18)16(2)11-14-8-6-13(7-9-14)5-4-10-17/h6-9,17H,3,10-12H2,1-2H3. The average Bonchev–Trinajstić information content (AvgIpc) is 2.43. The van der Waals surface area contributed by atoms with E-state index < -0.39 is 0 Å². The van der Waals surface area contributed by atoms with E-state index in [9.17, 15) is 4.79 Å². The molecule has 1 N–H and O–H groups in total. The van der Waals surface area contributed by atoms with E-state index in [1.165, 1.54) is 0 Å². The van der Waals surface area contributed by atoms with Crippen molar-refractivity contribution in [2.75, 3.05) is 26.9 Å². The van der Waals surface area contributed by atoms with Crippen molar-refractivity contribution < 1.29 is 14.6 Å². The van der Waals surface area contributed by atoms with Crippen molar-refractivity contribution in [3.05, 3.63) is 35.4 Å². The molecule has 4 heteroatoms. The second kappa shape index (κ2) is 8.30. The van der Waals surface area contributed by atoms with Gasteiger partial charge in [-0.15, -0.1) is 0 Å². The van der Waals surface area contributed by atoms with E-state index in [0.717, 1.165) is 11.1 Å². The molecule has 0 aliphatic heterocycles. The number of carbonyl (C=O) groups excluding carboxylic acids is 1. The number of hydrogen-bond acceptors (Lipinski definition) is 3. The fourth-order valence-corrected chi connectivity index (χ4v) is 1.50. The average molecular weight is 261 g/mol. The Bertz CT molecular complexity index is 457. The summed E-state index contributed by atoms with van der Waals surface area (Å²) in [7, 11) is 1.75. The van der Waals surface area contributed by atoms with Gasteiger partial charge in [0.2, 0.25) is 5.91 Å². The number of rotatable bonds is 5. The molecule has 0 unspecified atom stereocenters. The highest BCUT2D eigenvalue weighted by atomic mass is 16.5. The maximum Gasteiger partial charge on any atom is 0.248 e. The van der Waals surface area contributed by atoms with Crippen LogP contribution in [0.5, 0.6) is 0 Å². The Labute approximate surface area is 114 Å². The fourth-order valence-electron chi connectivity index (χ4n) is 1.50. The zero-order valence-corrected chi connectivity index (χ0v) is 11.3. The van der Waals surface area contributed by atoms with Gasteiger partial charge in [0, 0.05) is 25.8 Å². The second-order valence-corrected chi connectivity index (χ2v) is 4.04. The van der Waals surface area contributed by atoms with Crippen LogP contribution in [0.4, 0.5) is 0 Å². The van der Waals surface area contributed by atoms with E-state index in [0.29, 0.717) is 13.2 Å². The number of aliphatic hydroxyl groups is 1. The highest BCUT2D eigenvalue weighted by Gasteiger charge is 2.08. The molecule has 0 aliphatic rings. The van der Waals surface area contributed by atoms with Gasteiger partial charge < -0.3 is 14.7 Å². The number of likely N-dealkylation sites (N-methyl/N-ethyl adjacent to an activating group) is 1. The van der Waals surface area contributed by atoms with Gasteiger partial charge in [-0.1, -0.05) is 24.0 Å². The SMILES string of the molecule is CCOCC(=O)N(C)Cc1ccc(C#CCO)cc1. The largest absolute Gasteiger partial charge is 0.384 e. The number of carbonyl (C=O) groups is 1. The third-order valence-electron chi connectivity index (χ3n) is 2.54. The van der Waals surface area contributed by atoms with E-state index in [1.807, 2.05) is 31.2 Å². The Morgan fingerprint density at radius 1 is 1.37 bits per heavy atom. The monoisotopic (exact) mass is 261 g/mol. The number of aliphatic hydroxyl groups excluding tert-OH is 1. The molecule has 0 fully saturated rings. The highest BCUT2D eigenvalue weighted by molar-refractivity contribution is 5.77. The van der Waals surface area contributed by atoms with E-state index in [1.54, 1.807) is 11.9 Å². The quantitative estimate of drug-likeness (QED) is 0.805. The van der Waals surface area contributed by atoms with Gasteiger partial charge in [-0.2, -0.15) is 0 Å². The Hall–Kier alpha value is -1.83. The summed E-state index contributed by atoms with van der Waals surface area (Å²) in [6.45, 7) is 2.92. The lowest BCUT2D eigenvalue weighted by atomic mass is 10.1. The minimum atomic E-state index is -0.142. The predicted octanol–water partition coefficient (Wildman–Crippen LogP) is 1.03. The number of benzene rings is 1. The van der Waals surface area contributed by atoms with Crippen LogP contribution < -0.4 is 0 Å². The molecular formula is C15H19NO3. The lowest BCUT2D eigenvalue weighted by Crippen LogP contribution is -2.29. The molecule has 1 aromatic rings. The van der Waals surface area contributed by atoms with Crippen molar-refractivity contribution in [1.82, 2.24) is 4.90 Å². The summed E-state index contributed by atoms with van der Waals surface area (Å²) in [5.41, 5.74) is 1.88. The highest BCUT2D eigenvalue weighted by Crippen LogP contribution is 2.06. The molecule has 19 heavy (non-hydrogen) atoms. The van der Waals surface area contributed by atoms with Crippen molar-refractivity contribution >= 4 is 5.91 Å². The van der Waals surface area contributed by atoms with Crippen molar-refractivity contribution in [2.24, 2.45) is 0 Å². The number of hydrogen-bond donors (Lipinski definition) is 1. The van der Waals surface area contributed by atoms with Gasteiger partial charge in [0.1, 0.15) is 13.2 Å². The third-order valence-corrected chi connectivity index (χ3v) is 2.54. The molecule has 0 saturated heterocycles.